The van der Waals surface area contributed by atoms with Crippen molar-refractivity contribution in [2.75, 3.05) is 20.2 Å². The lowest BCUT2D eigenvalue weighted by Gasteiger charge is -2.17. The van der Waals surface area contributed by atoms with Crippen molar-refractivity contribution in [3.05, 3.63) is 36.0 Å². The van der Waals surface area contributed by atoms with Crippen molar-refractivity contribution in [2.24, 2.45) is 5.73 Å². The number of imide groups is 1. The average Bonchev–Trinajstić information content (AvgIpc) is 2.45. The minimum atomic E-state index is -0.493. The van der Waals surface area contributed by atoms with Crippen molar-refractivity contribution in [3.8, 4) is 5.75 Å². The number of hydrogen-bond acceptors (Lipinski definition) is 4. The Morgan fingerprint density at radius 2 is 2.00 bits per heavy atom. The van der Waals surface area contributed by atoms with Crippen LogP contribution in [0.3, 0.4) is 0 Å². The number of carbonyl (C=O) groups is 2. The van der Waals surface area contributed by atoms with Crippen LogP contribution < -0.4 is 15.8 Å². The molecule has 0 aromatic heterocycles. The van der Waals surface area contributed by atoms with Gasteiger partial charge in [-0.1, -0.05) is 12.1 Å². The smallest absolute Gasteiger partial charge is 0.328 e. The normalized spacial score (nSPS) is 10.3. The Labute approximate surface area is 118 Å². The van der Waals surface area contributed by atoms with Crippen LogP contribution in [0.5, 0.6) is 5.75 Å². The summed E-state index contributed by atoms with van der Waals surface area (Å²) in [7, 11) is 1.60. The SMILES string of the molecule is COc1ccc(/C=C/NC(=O)N(CCN)C(C)=O)cc1. The first-order valence-electron chi connectivity index (χ1n) is 6.17. The molecule has 0 unspecified atom stereocenters. The summed E-state index contributed by atoms with van der Waals surface area (Å²) in [6, 6.07) is 6.84. The second-order valence-electron chi connectivity index (χ2n) is 4.02. The van der Waals surface area contributed by atoms with Crippen LogP contribution in [0.15, 0.2) is 30.5 Å². The number of carbonyl (C=O) groups excluding carboxylic acids is 2. The fourth-order valence-electron chi connectivity index (χ4n) is 1.53. The third kappa shape index (κ3) is 4.74. The van der Waals surface area contributed by atoms with E-state index in [9.17, 15) is 9.59 Å². The first-order valence-corrected chi connectivity index (χ1v) is 6.17. The summed E-state index contributed by atoms with van der Waals surface area (Å²) in [4.78, 5) is 24.0. The fourth-order valence-corrected chi connectivity index (χ4v) is 1.53. The van der Waals surface area contributed by atoms with Gasteiger partial charge in [0.05, 0.1) is 7.11 Å². The molecule has 0 saturated heterocycles. The van der Waals surface area contributed by atoms with Gasteiger partial charge < -0.3 is 15.8 Å². The highest BCUT2D eigenvalue weighted by Gasteiger charge is 2.15. The number of amides is 3. The van der Waals surface area contributed by atoms with Crippen molar-refractivity contribution >= 4 is 18.0 Å². The van der Waals surface area contributed by atoms with Gasteiger partial charge in [-0.05, 0) is 23.8 Å². The predicted octanol–water partition coefficient (Wildman–Crippen LogP) is 1.18. The number of nitrogens with zero attached hydrogens (tertiary/aromatic N) is 1. The predicted molar refractivity (Wildman–Crippen MR) is 77.0 cm³/mol. The Bertz CT molecular complexity index is 483. The van der Waals surface area contributed by atoms with Crippen LogP contribution in [0, 0.1) is 0 Å². The molecule has 0 radical (unpaired) electrons. The van der Waals surface area contributed by atoms with Crippen LogP contribution in [-0.4, -0.2) is 37.0 Å². The molecule has 3 N–H and O–H groups in total. The van der Waals surface area contributed by atoms with E-state index < -0.39 is 6.03 Å². The number of nitrogens with one attached hydrogen (secondary N) is 1. The van der Waals surface area contributed by atoms with E-state index >= 15 is 0 Å². The highest BCUT2D eigenvalue weighted by molar-refractivity contribution is 5.93. The molecule has 0 heterocycles. The van der Waals surface area contributed by atoms with Crippen LogP contribution in [0.25, 0.3) is 6.08 Å². The maximum Gasteiger partial charge on any atom is 0.328 e. The second kappa shape index (κ2) is 7.96. The molecule has 0 aliphatic carbocycles. The van der Waals surface area contributed by atoms with Crippen molar-refractivity contribution in [3.63, 3.8) is 0 Å². The zero-order valence-corrected chi connectivity index (χ0v) is 11.6. The first-order chi connectivity index (χ1) is 9.58. The van der Waals surface area contributed by atoms with Crippen molar-refractivity contribution in [1.29, 1.82) is 0 Å². The molecule has 1 rings (SSSR count). The lowest BCUT2D eigenvalue weighted by Crippen LogP contribution is -2.43. The molecule has 0 atom stereocenters. The highest BCUT2D eigenvalue weighted by Crippen LogP contribution is 2.11. The van der Waals surface area contributed by atoms with E-state index in [1.807, 2.05) is 24.3 Å². The lowest BCUT2D eigenvalue weighted by molar-refractivity contribution is -0.125. The number of nitrogens with two attached hydrogens (primary N) is 1. The van der Waals surface area contributed by atoms with Gasteiger partial charge in [-0.15, -0.1) is 0 Å². The van der Waals surface area contributed by atoms with Gasteiger partial charge in [-0.25, -0.2) is 4.79 Å². The standard InChI is InChI=1S/C14H19N3O3/c1-11(18)17(10-8-15)14(19)16-9-7-12-3-5-13(20-2)6-4-12/h3-7,9H,8,10,15H2,1-2H3,(H,16,19)/b9-7+. The summed E-state index contributed by atoms with van der Waals surface area (Å²) in [6.07, 6.45) is 3.20. The van der Waals surface area contributed by atoms with E-state index in [4.69, 9.17) is 10.5 Å². The molecule has 0 aliphatic heterocycles. The lowest BCUT2D eigenvalue weighted by atomic mass is 10.2. The fraction of sp³-hybridized carbons (Fsp3) is 0.286. The quantitative estimate of drug-likeness (QED) is 0.846. The Morgan fingerprint density at radius 1 is 1.35 bits per heavy atom. The van der Waals surface area contributed by atoms with Crippen molar-refractivity contribution in [2.45, 2.75) is 6.92 Å². The first kappa shape index (κ1) is 15.7. The van der Waals surface area contributed by atoms with E-state index in [0.717, 1.165) is 16.2 Å². The van der Waals surface area contributed by atoms with Crippen molar-refractivity contribution < 1.29 is 14.3 Å². The third-order valence-corrected chi connectivity index (χ3v) is 2.58. The van der Waals surface area contributed by atoms with Gasteiger partial charge in [0.2, 0.25) is 5.91 Å². The molecule has 0 saturated carbocycles. The van der Waals surface area contributed by atoms with Crippen molar-refractivity contribution in [1.82, 2.24) is 10.2 Å². The van der Waals surface area contributed by atoms with Gasteiger partial charge in [0, 0.05) is 26.2 Å². The summed E-state index contributed by atoms with van der Waals surface area (Å²) in [5.41, 5.74) is 6.25. The molecule has 6 nitrogen and oxygen atoms in total. The van der Waals surface area contributed by atoms with E-state index in [-0.39, 0.29) is 19.0 Å². The van der Waals surface area contributed by atoms with Crippen LogP contribution in [0.2, 0.25) is 0 Å². The third-order valence-electron chi connectivity index (χ3n) is 2.58. The van der Waals surface area contributed by atoms with Crippen LogP contribution in [0.4, 0.5) is 4.79 Å². The Hall–Kier alpha value is -2.34. The number of rotatable bonds is 5. The summed E-state index contributed by atoms with van der Waals surface area (Å²) >= 11 is 0. The number of urea groups is 1. The molecule has 0 bridgehead atoms. The van der Waals surface area contributed by atoms with E-state index in [0.29, 0.717) is 0 Å². The molecule has 6 heteroatoms. The molecule has 3 amide bonds. The largest absolute Gasteiger partial charge is 0.497 e. The minimum absolute atomic E-state index is 0.192. The van der Waals surface area contributed by atoms with Gasteiger partial charge in [0.25, 0.3) is 0 Å². The number of ether oxygens (including phenoxy) is 1. The Morgan fingerprint density at radius 3 is 2.50 bits per heavy atom. The van der Waals surface area contributed by atoms with Crippen LogP contribution in [0.1, 0.15) is 12.5 Å². The molecule has 1 aromatic rings. The summed E-state index contributed by atoms with van der Waals surface area (Å²) in [6.45, 7) is 1.75. The molecule has 0 spiro atoms. The molecule has 1 aromatic carbocycles. The van der Waals surface area contributed by atoms with Gasteiger partial charge in [-0.3, -0.25) is 9.69 Å². The second-order valence-corrected chi connectivity index (χ2v) is 4.02. The summed E-state index contributed by atoms with van der Waals surface area (Å²) in [5.74, 6) is 0.419. The molecule has 108 valence electrons. The summed E-state index contributed by atoms with van der Waals surface area (Å²) in [5, 5.41) is 2.52. The molecular formula is C14H19N3O3. The van der Waals surface area contributed by atoms with E-state index in [2.05, 4.69) is 5.32 Å². The van der Waals surface area contributed by atoms with Gasteiger partial charge in [-0.2, -0.15) is 0 Å². The maximum atomic E-state index is 11.7. The monoisotopic (exact) mass is 277 g/mol. The zero-order chi connectivity index (χ0) is 15.0. The highest BCUT2D eigenvalue weighted by atomic mass is 16.5. The molecular weight excluding hydrogens is 258 g/mol. The number of hydrogen-bond donors (Lipinski definition) is 2. The summed E-state index contributed by atoms with van der Waals surface area (Å²) < 4.78 is 5.05. The number of benzene rings is 1. The van der Waals surface area contributed by atoms with Gasteiger partial charge >= 0.3 is 6.03 Å². The Balaban J connectivity index is 2.57. The Kier molecular flexibility index (Phi) is 6.25. The van der Waals surface area contributed by atoms with E-state index in [1.54, 1.807) is 13.2 Å². The van der Waals surface area contributed by atoms with E-state index in [1.165, 1.54) is 13.1 Å². The average molecular weight is 277 g/mol. The van der Waals surface area contributed by atoms with Crippen LogP contribution in [-0.2, 0) is 4.79 Å². The zero-order valence-electron chi connectivity index (χ0n) is 11.6. The maximum absolute atomic E-state index is 11.7. The van der Waals surface area contributed by atoms with Gasteiger partial charge in [0.15, 0.2) is 0 Å². The molecule has 20 heavy (non-hydrogen) atoms. The molecule has 0 aliphatic rings. The van der Waals surface area contributed by atoms with Crippen LogP contribution >= 0.6 is 0 Å². The topological polar surface area (TPSA) is 84.7 Å². The minimum Gasteiger partial charge on any atom is -0.497 e. The molecule has 0 fully saturated rings. The van der Waals surface area contributed by atoms with Gasteiger partial charge in [0.1, 0.15) is 5.75 Å². The number of methoxy groups -OCH3 is 1.